The summed E-state index contributed by atoms with van der Waals surface area (Å²) in [5.74, 6) is 4.24. The third-order valence-electron chi connectivity index (χ3n) is 11.0. The van der Waals surface area contributed by atoms with Crippen LogP contribution >= 0.6 is 0 Å². The standard InChI is InChI=1S/C30H51NO3/c1-19(2)7-6-8-20(3)24-11-12-25-23-10-9-21-17-22(32)18-27(34-28(33)14-16-31)30(21,5)26(23)13-15-29(24,25)4/h9,19-20,22-27,32H,6-8,10-18,31H2,1-5H3/t20-,22-,23+,24-,25+,26+,27?,29-,30+/m1/s1. The predicted octanol–water partition coefficient (Wildman–Crippen LogP) is 6.26. The van der Waals surface area contributed by atoms with Crippen molar-refractivity contribution in [1.82, 2.24) is 0 Å². The van der Waals surface area contributed by atoms with Crippen LogP contribution < -0.4 is 5.73 Å². The van der Waals surface area contributed by atoms with Crippen LogP contribution in [0.1, 0.15) is 105 Å². The molecule has 0 aromatic carbocycles. The minimum absolute atomic E-state index is 0.144. The van der Waals surface area contributed by atoms with Crippen LogP contribution in [0, 0.1) is 46.3 Å². The van der Waals surface area contributed by atoms with Crippen molar-refractivity contribution in [3.05, 3.63) is 11.6 Å². The number of nitrogens with two attached hydrogens (primary N) is 1. The maximum atomic E-state index is 12.5. The molecule has 3 fully saturated rings. The molecule has 0 aromatic rings. The van der Waals surface area contributed by atoms with Crippen molar-refractivity contribution in [2.24, 2.45) is 52.1 Å². The number of ether oxygens (including phenoxy) is 1. The third-order valence-corrected chi connectivity index (χ3v) is 11.0. The molecule has 0 bridgehead atoms. The highest BCUT2D eigenvalue weighted by Gasteiger charge is 2.61. The number of carbonyl (C=O) groups excluding carboxylic acids is 1. The first kappa shape index (κ1) is 26.2. The minimum atomic E-state index is -0.414. The molecule has 3 N–H and O–H groups in total. The van der Waals surface area contributed by atoms with Crippen molar-refractivity contribution < 1.29 is 14.6 Å². The molecule has 0 spiro atoms. The summed E-state index contributed by atoms with van der Waals surface area (Å²) in [5.41, 5.74) is 7.27. The first-order chi connectivity index (χ1) is 16.1. The van der Waals surface area contributed by atoms with E-state index < -0.39 is 6.10 Å². The van der Waals surface area contributed by atoms with Crippen molar-refractivity contribution in [1.29, 1.82) is 0 Å². The molecule has 0 amide bonds. The van der Waals surface area contributed by atoms with Gasteiger partial charge in [0, 0.05) is 18.4 Å². The Hall–Kier alpha value is -0.870. The van der Waals surface area contributed by atoms with Crippen molar-refractivity contribution in [3.63, 3.8) is 0 Å². The summed E-state index contributed by atoms with van der Waals surface area (Å²) in [6.07, 6.45) is 13.8. The van der Waals surface area contributed by atoms with Crippen LogP contribution in [0.5, 0.6) is 0 Å². The second-order valence-electron chi connectivity index (χ2n) is 13.3. The quantitative estimate of drug-likeness (QED) is 0.322. The van der Waals surface area contributed by atoms with Crippen molar-refractivity contribution in [2.45, 2.75) is 117 Å². The smallest absolute Gasteiger partial charge is 0.307 e. The fourth-order valence-corrected chi connectivity index (χ4v) is 9.21. The number of rotatable bonds is 8. The van der Waals surface area contributed by atoms with Gasteiger partial charge in [-0.1, -0.05) is 65.5 Å². The summed E-state index contributed by atoms with van der Waals surface area (Å²) in [5, 5.41) is 10.6. The van der Waals surface area contributed by atoms with Gasteiger partial charge in [0.05, 0.1) is 12.5 Å². The van der Waals surface area contributed by atoms with E-state index in [2.05, 4.69) is 40.7 Å². The Bertz CT molecular complexity index is 762. The molecule has 0 saturated heterocycles. The molecule has 4 rings (SSSR count). The molecular weight excluding hydrogens is 422 g/mol. The molecule has 0 heterocycles. The van der Waals surface area contributed by atoms with Gasteiger partial charge in [0.1, 0.15) is 6.10 Å². The molecule has 4 aliphatic carbocycles. The second-order valence-corrected chi connectivity index (χ2v) is 13.3. The molecule has 3 saturated carbocycles. The van der Waals surface area contributed by atoms with Gasteiger partial charge in [-0.05, 0) is 79.4 Å². The number of allylic oxidation sites excluding steroid dienone is 1. The number of aliphatic hydroxyl groups is 1. The van der Waals surface area contributed by atoms with Gasteiger partial charge in [-0.2, -0.15) is 0 Å². The van der Waals surface area contributed by atoms with Crippen molar-refractivity contribution in [3.8, 4) is 0 Å². The van der Waals surface area contributed by atoms with Crippen molar-refractivity contribution >= 4 is 5.97 Å². The van der Waals surface area contributed by atoms with Crippen molar-refractivity contribution in [2.75, 3.05) is 6.54 Å². The zero-order valence-electron chi connectivity index (χ0n) is 22.5. The van der Waals surface area contributed by atoms with E-state index in [1.54, 1.807) is 0 Å². The van der Waals surface area contributed by atoms with Gasteiger partial charge in [0.2, 0.25) is 0 Å². The number of fused-ring (bicyclic) bond motifs is 5. The average Bonchev–Trinajstić information content (AvgIpc) is 3.12. The summed E-state index contributed by atoms with van der Waals surface area (Å²) in [6, 6.07) is 0. The summed E-state index contributed by atoms with van der Waals surface area (Å²) in [6.45, 7) is 12.5. The summed E-state index contributed by atoms with van der Waals surface area (Å²) in [4.78, 5) is 12.5. The number of hydrogen-bond acceptors (Lipinski definition) is 4. The maximum absolute atomic E-state index is 12.5. The number of aliphatic hydroxyl groups excluding tert-OH is 1. The first-order valence-corrected chi connectivity index (χ1v) is 14.4. The zero-order chi connectivity index (χ0) is 24.7. The first-order valence-electron chi connectivity index (χ1n) is 14.4. The number of hydrogen-bond donors (Lipinski definition) is 2. The Labute approximate surface area is 208 Å². The Morgan fingerprint density at radius 3 is 2.65 bits per heavy atom. The highest BCUT2D eigenvalue weighted by Crippen LogP contribution is 2.67. The molecule has 0 aromatic heterocycles. The fourth-order valence-electron chi connectivity index (χ4n) is 9.21. The Balaban J connectivity index is 1.54. The summed E-state index contributed by atoms with van der Waals surface area (Å²) in [7, 11) is 0. The Morgan fingerprint density at radius 1 is 1.18 bits per heavy atom. The van der Waals surface area contributed by atoms with Crippen LogP contribution in [0.2, 0.25) is 0 Å². The molecule has 4 aliphatic rings. The highest BCUT2D eigenvalue weighted by atomic mass is 16.5. The average molecular weight is 474 g/mol. The van der Waals surface area contributed by atoms with Crippen LogP contribution in [0.25, 0.3) is 0 Å². The fraction of sp³-hybridized carbons (Fsp3) is 0.900. The molecule has 0 radical (unpaired) electrons. The lowest BCUT2D eigenvalue weighted by molar-refractivity contribution is -0.169. The minimum Gasteiger partial charge on any atom is -0.461 e. The van der Waals surface area contributed by atoms with Crippen LogP contribution in [0.4, 0.5) is 0 Å². The number of esters is 1. The molecule has 1 unspecified atom stereocenters. The van der Waals surface area contributed by atoms with Crippen LogP contribution in [-0.2, 0) is 9.53 Å². The summed E-state index contributed by atoms with van der Waals surface area (Å²) >= 11 is 0. The van der Waals surface area contributed by atoms with E-state index in [0.29, 0.717) is 30.2 Å². The van der Waals surface area contributed by atoms with Crippen LogP contribution in [0.15, 0.2) is 11.6 Å². The predicted molar refractivity (Wildman–Crippen MR) is 138 cm³/mol. The van der Waals surface area contributed by atoms with E-state index in [1.165, 1.54) is 50.5 Å². The topological polar surface area (TPSA) is 72.5 Å². The van der Waals surface area contributed by atoms with Crippen LogP contribution in [-0.4, -0.2) is 29.8 Å². The van der Waals surface area contributed by atoms with E-state index in [0.717, 1.165) is 36.5 Å². The monoisotopic (exact) mass is 473 g/mol. The molecule has 194 valence electrons. The SMILES string of the molecule is CC(C)CCC[C@@H](C)[C@H]1CC[C@H]2[C@@H]3CC=C4C[C@@H](O)CC(OC(=O)CCN)[C@]4(C)[C@H]3CC[C@]12C. The molecular formula is C30H51NO3. The second kappa shape index (κ2) is 10.2. The molecule has 4 heteroatoms. The van der Waals surface area contributed by atoms with Gasteiger partial charge in [-0.25, -0.2) is 0 Å². The molecule has 4 nitrogen and oxygen atoms in total. The Kier molecular flexibility index (Phi) is 7.89. The molecule has 9 atom stereocenters. The van der Waals surface area contributed by atoms with Gasteiger partial charge in [-0.15, -0.1) is 0 Å². The molecule has 34 heavy (non-hydrogen) atoms. The van der Waals surface area contributed by atoms with E-state index in [4.69, 9.17) is 10.5 Å². The van der Waals surface area contributed by atoms with Gasteiger partial charge in [-0.3, -0.25) is 4.79 Å². The highest BCUT2D eigenvalue weighted by molar-refractivity contribution is 5.70. The largest absolute Gasteiger partial charge is 0.461 e. The zero-order valence-corrected chi connectivity index (χ0v) is 22.5. The van der Waals surface area contributed by atoms with Crippen LogP contribution in [0.3, 0.4) is 0 Å². The van der Waals surface area contributed by atoms with E-state index in [-0.39, 0.29) is 23.9 Å². The van der Waals surface area contributed by atoms with E-state index in [9.17, 15) is 9.90 Å². The normalized spacial score (nSPS) is 42.4. The number of carbonyl (C=O) groups is 1. The van der Waals surface area contributed by atoms with E-state index in [1.807, 2.05) is 0 Å². The summed E-state index contributed by atoms with van der Waals surface area (Å²) < 4.78 is 6.06. The maximum Gasteiger partial charge on any atom is 0.307 e. The van der Waals surface area contributed by atoms with Gasteiger partial charge >= 0.3 is 5.97 Å². The van der Waals surface area contributed by atoms with E-state index >= 15 is 0 Å². The third kappa shape index (κ3) is 4.63. The lowest BCUT2D eigenvalue weighted by Crippen LogP contribution is -2.56. The van der Waals surface area contributed by atoms with Gasteiger partial charge < -0.3 is 15.6 Å². The lowest BCUT2D eigenvalue weighted by Gasteiger charge is -2.60. The lowest BCUT2D eigenvalue weighted by atomic mass is 9.46. The Morgan fingerprint density at radius 2 is 1.94 bits per heavy atom. The van der Waals surface area contributed by atoms with Gasteiger partial charge in [0.25, 0.3) is 0 Å². The van der Waals surface area contributed by atoms with Gasteiger partial charge in [0.15, 0.2) is 0 Å². The molecule has 0 aliphatic heterocycles.